The average molecular weight is 466 g/mol. The number of aromatic nitrogens is 3. The number of thiazole rings is 1. The van der Waals surface area contributed by atoms with Crippen LogP contribution in [0.4, 0.5) is 13.2 Å². The molecule has 3 rings (SSSR count). The van der Waals surface area contributed by atoms with E-state index < -0.39 is 23.6 Å². The maximum absolute atomic E-state index is 12.8. The van der Waals surface area contributed by atoms with Crippen molar-refractivity contribution >= 4 is 33.3 Å². The molecular formula is C19H19F3N7O2S+. The number of benzene rings is 1. The molecule has 9 nitrogen and oxygen atoms in total. The maximum Gasteiger partial charge on any atom is 0.431 e. The minimum Gasteiger partial charge on any atom is -0.439 e. The number of amides is 1. The number of hydrogen-bond acceptors (Lipinski definition) is 8. The lowest BCUT2D eigenvalue weighted by molar-refractivity contribution is -0.117. The standard InChI is InChI=1S/C19H18F3N7O2S/c1-24-8-10-5-16(27-9-26-10)31-11-3-4-12-13(6-11)32-18(28-12)17(30)29-15(23)7-14(25-2)19(20,21)22/h3-7,9,24-25H,8H2,1-2H3,(H2,23,29,30)/p+1/b14-7-. The summed E-state index contributed by atoms with van der Waals surface area (Å²) in [6.07, 6.45) is -2.64. The van der Waals surface area contributed by atoms with Gasteiger partial charge in [0.2, 0.25) is 10.9 Å². The normalized spacial score (nSPS) is 12.0. The Labute approximate surface area is 184 Å². The van der Waals surface area contributed by atoms with Crippen LogP contribution < -0.4 is 26.1 Å². The van der Waals surface area contributed by atoms with Gasteiger partial charge in [-0.05, 0) is 19.2 Å². The molecular weight excluding hydrogens is 447 g/mol. The summed E-state index contributed by atoms with van der Waals surface area (Å²) in [6.45, 7) is 0.555. The Morgan fingerprint density at radius 3 is 2.72 bits per heavy atom. The van der Waals surface area contributed by atoms with Gasteiger partial charge >= 0.3 is 12.1 Å². The van der Waals surface area contributed by atoms with Gasteiger partial charge in [0.05, 0.1) is 22.0 Å². The van der Waals surface area contributed by atoms with Crippen LogP contribution >= 0.6 is 11.3 Å². The summed E-state index contributed by atoms with van der Waals surface area (Å²) < 4.78 is 44.8. The quantitative estimate of drug-likeness (QED) is 0.304. The van der Waals surface area contributed by atoms with Gasteiger partial charge in [0.15, 0.2) is 0 Å². The number of carbonyl (C=O) groups excluding carboxylic acids is 1. The first-order valence-electron chi connectivity index (χ1n) is 9.14. The smallest absolute Gasteiger partial charge is 0.431 e. The molecule has 0 fully saturated rings. The third kappa shape index (κ3) is 5.76. The van der Waals surface area contributed by atoms with E-state index in [0.717, 1.165) is 24.1 Å². The van der Waals surface area contributed by atoms with Crippen molar-refractivity contribution in [3.8, 4) is 11.6 Å². The molecule has 32 heavy (non-hydrogen) atoms. The summed E-state index contributed by atoms with van der Waals surface area (Å²) >= 11 is 1.04. The fourth-order valence-electron chi connectivity index (χ4n) is 2.57. The fraction of sp³-hybridized carbons (Fsp3) is 0.211. The Bertz CT molecular complexity index is 1180. The second kappa shape index (κ2) is 9.70. The number of nitrogens with two attached hydrogens (primary N) is 1. The second-order valence-electron chi connectivity index (χ2n) is 6.34. The largest absolute Gasteiger partial charge is 0.439 e. The summed E-state index contributed by atoms with van der Waals surface area (Å²) in [5.74, 6) is -0.375. The minimum atomic E-state index is -4.63. The molecule has 0 saturated heterocycles. The molecule has 0 radical (unpaired) electrons. The number of rotatable bonds is 7. The van der Waals surface area contributed by atoms with Crippen molar-refractivity contribution in [2.75, 3.05) is 14.1 Å². The summed E-state index contributed by atoms with van der Waals surface area (Å²) in [5, 5.41) is 12.7. The minimum absolute atomic E-state index is 0.0323. The predicted octanol–water partition coefficient (Wildman–Crippen LogP) is 1.15. The summed E-state index contributed by atoms with van der Waals surface area (Å²) in [4.78, 5) is 24.7. The van der Waals surface area contributed by atoms with Crippen molar-refractivity contribution < 1.29 is 28.1 Å². The molecule has 0 saturated carbocycles. The second-order valence-corrected chi connectivity index (χ2v) is 7.37. The maximum atomic E-state index is 12.8. The van der Waals surface area contributed by atoms with E-state index in [2.05, 4.69) is 25.6 Å². The molecule has 1 aromatic carbocycles. The molecule has 2 aromatic heterocycles. The van der Waals surface area contributed by atoms with Gasteiger partial charge in [-0.1, -0.05) is 0 Å². The average Bonchev–Trinajstić information content (AvgIpc) is 3.15. The summed E-state index contributed by atoms with van der Waals surface area (Å²) in [7, 11) is 2.90. The van der Waals surface area contributed by atoms with Crippen LogP contribution in [0.25, 0.3) is 10.2 Å². The Balaban J connectivity index is 1.74. The number of alkyl halides is 3. The van der Waals surface area contributed by atoms with Gasteiger partial charge in [-0.3, -0.25) is 5.41 Å². The fourth-order valence-corrected chi connectivity index (χ4v) is 3.46. The SMILES string of the molecule is CNCc1cc(Oc2ccc3nc(C(=O)NC(=[NH2+])/C=C(\NC)C(F)(F)F)sc3c2)ncn1. The Hall–Kier alpha value is -3.58. The van der Waals surface area contributed by atoms with E-state index >= 15 is 0 Å². The van der Waals surface area contributed by atoms with Crippen LogP contribution in [0.3, 0.4) is 0 Å². The zero-order chi connectivity index (χ0) is 23.3. The first kappa shape index (κ1) is 23.1. The summed E-state index contributed by atoms with van der Waals surface area (Å²) in [6, 6.07) is 6.69. The molecule has 0 aliphatic heterocycles. The molecule has 2 heterocycles. The number of amidine groups is 1. The monoisotopic (exact) mass is 466 g/mol. The van der Waals surface area contributed by atoms with Crippen LogP contribution in [0.15, 0.2) is 42.4 Å². The van der Waals surface area contributed by atoms with Gasteiger partial charge in [0, 0.05) is 25.7 Å². The number of halogens is 3. The topological polar surface area (TPSA) is 127 Å². The zero-order valence-corrected chi connectivity index (χ0v) is 17.8. The van der Waals surface area contributed by atoms with Crippen molar-refractivity contribution in [1.82, 2.24) is 30.9 Å². The number of hydrogen-bond donors (Lipinski definition) is 4. The molecule has 0 atom stereocenters. The number of nitrogens with zero attached hydrogens (tertiary/aromatic N) is 3. The van der Waals surface area contributed by atoms with Crippen molar-refractivity contribution in [1.29, 1.82) is 0 Å². The van der Waals surface area contributed by atoms with Gasteiger partial charge in [-0.15, -0.1) is 11.3 Å². The number of carbonyl (C=O) groups is 1. The van der Waals surface area contributed by atoms with Crippen LogP contribution in [0.1, 0.15) is 15.5 Å². The molecule has 0 bridgehead atoms. The van der Waals surface area contributed by atoms with E-state index in [1.807, 2.05) is 5.32 Å². The highest BCUT2D eigenvalue weighted by Crippen LogP contribution is 2.29. The Morgan fingerprint density at radius 1 is 1.25 bits per heavy atom. The van der Waals surface area contributed by atoms with Crippen LogP contribution in [0.2, 0.25) is 0 Å². The highest BCUT2D eigenvalue weighted by Gasteiger charge is 2.34. The first-order valence-corrected chi connectivity index (χ1v) is 9.95. The van der Waals surface area contributed by atoms with E-state index in [0.29, 0.717) is 34.5 Å². The molecule has 5 N–H and O–H groups in total. The lowest BCUT2D eigenvalue weighted by Crippen LogP contribution is -2.50. The molecule has 168 valence electrons. The van der Waals surface area contributed by atoms with Crippen molar-refractivity contribution in [2.24, 2.45) is 0 Å². The van der Waals surface area contributed by atoms with Gasteiger partial charge in [-0.2, -0.15) is 13.2 Å². The van der Waals surface area contributed by atoms with Crippen molar-refractivity contribution in [2.45, 2.75) is 12.7 Å². The molecule has 0 aliphatic carbocycles. The van der Waals surface area contributed by atoms with E-state index in [9.17, 15) is 18.0 Å². The molecule has 0 spiro atoms. The van der Waals surface area contributed by atoms with Crippen molar-refractivity contribution in [3.63, 3.8) is 0 Å². The number of allylic oxidation sites excluding steroid dienone is 1. The number of fused-ring (bicyclic) bond motifs is 1. The Morgan fingerprint density at radius 2 is 2.03 bits per heavy atom. The molecule has 0 aliphatic rings. The molecule has 1 amide bonds. The summed E-state index contributed by atoms with van der Waals surface area (Å²) in [5.41, 5.74) is 0.181. The van der Waals surface area contributed by atoms with E-state index in [1.54, 1.807) is 31.3 Å². The van der Waals surface area contributed by atoms with Crippen LogP contribution in [-0.4, -0.2) is 47.0 Å². The van der Waals surface area contributed by atoms with Gasteiger partial charge in [0.25, 0.3) is 5.84 Å². The van der Waals surface area contributed by atoms with E-state index in [1.165, 1.54) is 6.33 Å². The zero-order valence-electron chi connectivity index (χ0n) is 16.9. The third-order valence-corrected chi connectivity index (χ3v) is 4.98. The number of nitrogens with one attached hydrogen (secondary N) is 3. The van der Waals surface area contributed by atoms with Gasteiger partial charge in [0.1, 0.15) is 17.8 Å². The number of ether oxygens (including phenoxy) is 1. The van der Waals surface area contributed by atoms with E-state index in [-0.39, 0.29) is 5.01 Å². The van der Waals surface area contributed by atoms with Crippen LogP contribution in [-0.2, 0) is 6.54 Å². The predicted molar refractivity (Wildman–Crippen MR) is 112 cm³/mol. The van der Waals surface area contributed by atoms with E-state index in [4.69, 9.17) is 10.1 Å². The lowest BCUT2D eigenvalue weighted by atomic mass is 10.3. The molecule has 0 unspecified atom stereocenters. The van der Waals surface area contributed by atoms with Crippen molar-refractivity contribution in [3.05, 3.63) is 53.1 Å². The molecule has 3 aromatic rings. The van der Waals surface area contributed by atoms with Gasteiger partial charge in [-0.25, -0.2) is 25.1 Å². The Kier molecular flexibility index (Phi) is 7.00. The third-order valence-electron chi connectivity index (χ3n) is 3.97. The highest BCUT2D eigenvalue weighted by molar-refractivity contribution is 7.20. The molecule has 13 heteroatoms. The first-order chi connectivity index (χ1) is 15.2. The highest BCUT2D eigenvalue weighted by atomic mass is 32.1. The lowest BCUT2D eigenvalue weighted by Gasteiger charge is -2.09. The van der Waals surface area contributed by atoms with Crippen LogP contribution in [0.5, 0.6) is 11.6 Å². The van der Waals surface area contributed by atoms with Crippen LogP contribution in [0, 0.1) is 0 Å². The van der Waals surface area contributed by atoms with Gasteiger partial charge < -0.3 is 15.4 Å².